The molecule has 1 aromatic heterocycles. The van der Waals surface area contributed by atoms with Crippen molar-refractivity contribution in [3.63, 3.8) is 0 Å². The zero-order valence-corrected chi connectivity index (χ0v) is 15.7. The van der Waals surface area contributed by atoms with Crippen LogP contribution in [-0.4, -0.2) is 22.3 Å². The second kappa shape index (κ2) is 8.05. The fourth-order valence-electron chi connectivity index (χ4n) is 1.97. The zero-order chi connectivity index (χ0) is 18.7. The number of nitrogens with zero attached hydrogens (tertiary/aromatic N) is 3. The second-order valence-electron chi connectivity index (χ2n) is 4.85. The number of benzene rings is 2. The van der Waals surface area contributed by atoms with Crippen LogP contribution >= 0.6 is 46.4 Å². The fraction of sp³-hybridized carbons (Fsp3) is 0. The van der Waals surface area contributed by atoms with E-state index in [2.05, 4.69) is 20.7 Å². The molecule has 3 rings (SSSR count). The largest absolute Gasteiger partial charge is 0.329 e. The molecule has 0 aliphatic carbocycles. The van der Waals surface area contributed by atoms with Gasteiger partial charge in [-0.2, -0.15) is 10.1 Å². The summed E-state index contributed by atoms with van der Waals surface area (Å²) in [5.74, 6) is -0.936. The Labute approximate surface area is 167 Å². The van der Waals surface area contributed by atoms with Crippen LogP contribution in [0, 0.1) is 0 Å². The molecule has 132 valence electrons. The molecule has 1 amide bonds. The molecule has 0 radical (unpaired) electrons. The van der Waals surface area contributed by atoms with Crippen molar-refractivity contribution < 1.29 is 9.32 Å². The van der Waals surface area contributed by atoms with E-state index in [1.54, 1.807) is 36.4 Å². The predicted molar refractivity (Wildman–Crippen MR) is 101 cm³/mol. The summed E-state index contributed by atoms with van der Waals surface area (Å²) in [6, 6.07) is 9.91. The lowest BCUT2D eigenvalue weighted by Crippen LogP contribution is -2.18. The summed E-state index contributed by atoms with van der Waals surface area (Å²) in [5, 5.41) is 8.94. The van der Waals surface area contributed by atoms with E-state index >= 15 is 0 Å². The van der Waals surface area contributed by atoms with Gasteiger partial charge < -0.3 is 4.52 Å². The van der Waals surface area contributed by atoms with E-state index < -0.39 is 5.91 Å². The number of carbonyl (C=O) groups is 1. The first-order valence-electron chi connectivity index (χ1n) is 7.03. The van der Waals surface area contributed by atoms with Crippen LogP contribution in [0.5, 0.6) is 0 Å². The highest BCUT2D eigenvalue weighted by Crippen LogP contribution is 2.32. The van der Waals surface area contributed by atoms with E-state index in [1.807, 2.05) is 0 Å². The minimum absolute atomic E-state index is 0.0869. The van der Waals surface area contributed by atoms with Gasteiger partial charge in [0.1, 0.15) is 0 Å². The van der Waals surface area contributed by atoms with Crippen LogP contribution in [-0.2, 0) is 0 Å². The molecule has 0 atom stereocenters. The number of halogens is 4. The minimum Gasteiger partial charge on any atom is -0.328 e. The lowest BCUT2D eigenvalue weighted by atomic mass is 10.2. The summed E-state index contributed by atoms with van der Waals surface area (Å²) < 4.78 is 4.92. The maximum atomic E-state index is 12.1. The van der Waals surface area contributed by atoms with E-state index in [4.69, 9.17) is 50.9 Å². The molecule has 0 saturated heterocycles. The molecule has 0 bridgehead atoms. The van der Waals surface area contributed by atoms with E-state index in [9.17, 15) is 4.79 Å². The molecule has 26 heavy (non-hydrogen) atoms. The number of amides is 1. The normalized spacial score (nSPS) is 11.1. The molecule has 0 spiro atoms. The van der Waals surface area contributed by atoms with Gasteiger partial charge in [-0.25, -0.2) is 5.43 Å². The molecule has 0 aliphatic heterocycles. The van der Waals surface area contributed by atoms with Gasteiger partial charge in [0.15, 0.2) is 0 Å². The number of nitrogens with one attached hydrogen (secondary N) is 1. The van der Waals surface area contributed by atoms with Crippen molar-refractivity contribution >= 4 is 58.5 Å². The topological polar surface area (TPSA) is 80.4 Å². The van der Waals surface area contributed by atoms with Gasteiger partial charge in [-0.3, -0.25) is 4.79 Å². The standard InChI is InChI=1S/C16H8Cl4N4O2/c17-9-3-1-4-10(18)8(9)7-21-23-15(25)16-22-14(24-26-16)13-11(19)5-2-6-12(13)20/h1-7H,(H,23,25)/b21-7-. The van der Waals surface area contributed by atoms with Gasteiger partial charge in [0.25, 0.3) is 0 Å². The molecule has 1 heterocycles. The third-order valence-corrected chi connectivity index (χ3v) is 4.46. The monoisotopic (exact) mass is 428 g/mol. The Morgan fingerprint density at radius 3 is 2.19 bits per heavy atom. The first-order valence-corrected chi connectivity index (χ1v) is 8.54. The maximum Gasteiger partial charge on any atom is 0.329 e. The summed E-state index contributed by atoms with van der Waals surface area (Å²) >= 11 is 24.2. The summed E-state index contributed by atoms with van der Waals surface area (Å²) in [7, 11) is 0. The summed E-state index contributed by atoms with van der Waals surface area (Å²) in [5.41, 5.74) is 3.08. The van der Waals surface area contributed by atoms with E-state index in [1.165, 1.54) is 6.21 Å². The molecular weight excluding hydrogens is 422 g/mol. The quantitative estimate of drug-likeness (QED) is 0.461. The van der Waals surface area contributed by atoms with Crippen molar-refractivity contribution in [2.45, 2.75) is 0 Å². The average Bonchev–Trinajstić information content (AvgIpc) is 3.07. The Morgan fingerprint density at radius 2 is 1.58 bits per heavy atom. The van der Waals surface area contributed by atoms with Gasteiger partial charge in [0.2, 0.25) is 5.82 Å². The highest BCUT2D eigenvalue weighted by molar-refractivity contribution is 6.39. The molecule has 0 saturated carbocycles. The van der Waals surface area contributed by atoms with Crippen LogP contribution < -0.4 is 5.43 Å². The molecule has 0 aliphatic rings. The van der Waals surface area contributed by atoms with Gasteiger partial charge >= 0.3 is 11.8 Å². The first-order chi connectivity index (χ1) is 12.5. The third kappa shape index (κ3) is 3.99. The molecule has 0 fully saturated rings. The van der Waals surface area contributed by atoms with Crippen LogP contribution in [0.1, 0.15) is 16.2 Å². The van der Waals surface area contributed by atoms with Crippen molar-refractivity contribution in [2.75, 3.05) is 0 Å². The number of carbonyl (C=O) groups excluding carboxylic acids is 1. The second-order valence-corrected chi connectivity index (χ2v) is 6.48. The Bertz CT molecular complexity index is 963. The number of hydrazone groups is 1. The van der Waals surface area contributed by atoms with Crippen LogP contribution in [0.4, 0.5) is 0 Å². The van der Waals surface area contributed by atoms with Crippen LogP contribution in [0.3, 0.4) is 0 Å². The number of aromatic nitrogens is 2. The number of hydrogen-bond donors (Lipinski definition) is 1. The van der Waals surface area contributed by atoms with Crippen molar-refractivity contribution in [3.05, 3.63) is 67.9 Å². The molecule has 10 heteroatoms. The average molecular weight is 430 g/mol. The van der Waals surface area contributed by atoms with Crippen molar-refractivity contribution in [3.8, 4) is 11.4 Å². The molecule has 3 aromatic rings. The van der Waals surface area contributed by atoms with Crippen molar-refractivity contribution in [1.82, 2.24) is 15.6 Å². The van der Waals surface area contributed by atoms with Crippen molar-refractivity contribution in [2.24, 2.45) is 5.10 Å². The summed E-state index contributed by atoms with van der Waals surface area (Å²) in [6.45, 7) is 0. The van der Waals surface area contributed by atoms with Crippen molar-refractivity contribution in [1.29, 1.82) is 0 Å². The maximum absolute atomic E-state index is 12.1. The van der Waals surface area contributed by atoms with Crippen LogP contribution in [0.15, 0.2) is 46.0 Å². The zero-order valence-electron chi connectivity index (χ0n) is 12.7. The molecular formula is C16H8Cl4N4O2. The Morgan fingerprint density at radius 1 is 1.00 bits per heavy atom. The van der Waals surface area contributed by atoms with E-state index in [-0.39, 0.29) is 11.7 Å². The Balaban J connectivity index is 1.76. The van der Waals surface area contributed by atoms with Gasteiger partial charge in [-0.1, -0.05) is 63.7 Å². The number of rotatable bonds is 4. The predicted octanol–water partition coefficient (Wildman–Crippen LogP) is 5.11. The third-order valence-electron chi connectivity index (χ3n) is 3.17. The summed E-state index contributed by atoms with van der Waals surface area (Å²) in [6.07, 6.45) is 1.31. The Kier molecular flexibility index (Phi) is 5.78. The highest BCUT2D eigenvalue weighted by atomic mass is 35.5. The summed E-state index contributed by atoms with van der Waals surface area (Å²) in [4.78, 5) is 16.0. The highest BCUT2D eigenvalue weighted by Gasteiger charge is 2.19. The number of hydrogen-bond acceptors (Lipinski definition) is 5. The molecule has 0 unspecified atom stereocenters. The first kappa shape index (κ1) is 18.7. The molecule has 1 N–H and O–H groups in total. The minimum atomic E-state index is -0.716. The smallest absolute Gasteiger partial charge is 0.328 e. The van der Waals surface area contributed by atoms with Gasteiger partial charge in [0.05, 0.1) is 31.9 Å². The molecule has 6 nitrogen and oxygen atoms in total. The van der Waals surface area contributed by atoms with Gasteiger partial charge in [-0.05, 0) is 24.3 Å². The fourth-order valence-corrected chi connectivity index (χ4v) is 3.03. The van der Waals surface area contributed by atoms with Crippen LogP contribution in [0.25, 0.3) is 11.4 Å². The van der Waals surface area contributed by atoms with Crippen LogP contribution in [0.2, 0.25) is 20.1 Å². The lowest BCUT2D eigenvalue weighted by Gasteiger charge is -2.00. The Hall–Kier alpha value is -2.12. The van der Waals surface area contributed by atoms with Gasteiger partial charge in [0, 0.05) is 5.56 Å². The molecule has 2 aromatic carbocycles. The lowest BCUT2D eigenvalue weighted by molar-refractivity contribution is 0.0911. The van der Waals surface area contributed by atoms with E-state index in [0.717, 1.165) is 0 Å². The van der Waals surface area contributed by atoms with E-state index in [0.29, 0.717) is 31.2 Å². The van der Waals surface area contributed by atoms with Gasteiger partial charge in [-0.15, -0.1) is 0 Å². The SMILES string of the molecule is O=C(N/N=C\c1c(Cl)cccc1Cl)c1nc(-c2c(Cl)cccc2Cl)no1.